The minimum atomic E-state index is 0.549. The molecule has 0 aliphatic rings. The van der Waals surface area contributed by atoms with Crippen molar-refractivity contribution in [3.8, 4) is 11.1 Å². The second-order valence-electron chi connectivity index (χ2n) is 6.26. The van der Waals surface area contributed by atoms with Crippen molar-refractivity contribution in [1.82, 2.24) is 0 Å². The molecule has 0 unspecified atom stereocenters. The molecule has 0 bridgehead atoms. The lowest BCUT2D eigenvalue weighted by Crippen LogP contribution is -2.03. The molecule has 0 fully saturated rings. The largest absolute Gasteiger partial charge is 0.447 e. The van der Waals surface area contributed by atoms with Gasteiger partial charge in [-0.1, -0.05) is 24.8 Å². The van der Waals surface area contributed by atoms with Gasteiger partial charge in [0.15, 0.2) is 0 Å². The Balaban J connectivity index is 1.78. The molecular weight excluding hydrogens is 366 g/mol. The van der Waals surface area contributed by atoms with Crippen molar-refractivity contribution in [2.24, 2.45) is 10.1 Å². The number of benzene rings is 2. The smallest absolute Gasteiger partial charge is 0.220 e. The number of hydrogen-bond acceptors (Lipinski definition) is 5. The van der Waals surface area contributed by atoms with Crippen molar-refractivity contribution in [2.75, 3.05) is 12.5 Å². The molecule has 3 aromatic rings. The van der Waals surface area contributed by atoms with Crippen molar-refractivity contribution in [1.29, 1.82) is 0 Å². The summed E-state index contributed by atoms with van der Waals surface area (Å²) >= 11 is 1.68. The van der Waals surface area contributed by atoms with Crippen LogP contribution in [0, 0.1) is 13.8 Å². The zero-order valence-corrected chi connectivity index (χ0v) is 17.1. The first-order chi connectivity index (χ1) is 13.6. The molecule has 4 nitrogen and oxygen atoms in total. The maximum atomic E-state index is 5.40. The van der Waals surface area contributed by atoms with Crippen molar-refractivity contribution in [2.45, 2.75) is 13.8 Å². The van der Waals surface area contributed by atoms with Crippen molar-refractivity contribution in [3.05, 3.63) is 88.3 Å². The fourth-order valence-corrected chi connectivity index (χ4v) is 3.59. The molecule has 142 valence electrons. The Morgan fingerprint density at radius 3 is 2.50 bits per heavy atom. The summed E-state index contributed by atoms with van der Waals surface area (Å²) in [5, 5.41) is 6.39. The first-order valence-corrected chi connectivity index (χ1v) is 9.79. The van der Waals surface area contributed by atoms with Crippen LogP contribution in [0.4, 0.5) is 5.69 Å². The maximum Gasteiger partial charge on any atom is 0.220 e. The van der Waals surface area contributed by atoms with Crippen LogP contribution >= 0.6 is 11.3 Å². The number of nitrogens with one attached hydrogen (secondary N) is 1. The third-order valence-corrected chi connectivity index (χ3v) is 5.31. The van der Waals surface area contributed by atoms with E-state index >= 15 is 0 Å². The molecule has 1 N–H and O–H groups in total. The van der Waals surface area contributed by atoms with Gasteiger partial charge in [-0.25, -0.2) is 0 Å². The van der Waals surface area contributed by atoms with Crippen LogP contribution < -0.4 is 5.43 Å². The molecule has 28 heavy (non-hydrogen) atoms. The van der Waals surface area contributed by atoms with Crippen molar-refractivity contribution < 1.29 is 4.74 Å². The number of aryl methyl sites for hydroxylation is 2. The average Bonchev–Trinajstić information content (AvgIpc) is 3.12. The summed E-state index contributed by atoms with van der Waals surface area (Å²) in [5.74, 6) is 0.549. The summed E-state index contributed by atoms with van der Waals surface area (Å²) in [7, 11) is 1.71. The number of anilines is 1. The van der Waals surface area contributed by atoms with Crippen LogP contribution in [0.1, 0.15) is 21.6 Å². The summed E-state index contributed by atoms with van der Waals surface area (Å²) in [5.41, 5.74) is 9.62. The lowest BCUT2D eigenvalue weighted by molar-refractivity contribution is 0.475. The lowest BCUT2D eigenvalue weighted by Gasteiger charge is -2.11. The van der Waals surface area contributed by atoms with Crippen LogP contribution in [0.15, 0.2) is 76.8 Å². The number of hydrogen-bond donors (Lipinski definition) is 1. The van der Waals surface area contributed by atoms with Gasteiger partial charge >= 0.3 is 0 Å². The van der Waals surface area contributed by atoms with Gasteiger partial charge in [-0.15, -0.1) is 11.3 Å². The van der Waals surface area contributed by atoms with Gasteiger partial charge in [0.1, 0.15) is 0 Å². The number of thiophene rings is 1. The summed E-state index contributed by atoms with van der Waals surface area (Å²) in [6.07, 6.45) is 3.24. The standard InChI is InChI=1S/C23H23N3OS/c1-5-27-23(24-4)19-7-6-16(2)21(14-19)18-8-10-20(11-9-18)26-25-15-22-17(3)12-13-28-22/h5-15,26H,1H2,2-4H3/b24-23?,25-15+. The Kier molecular flexibility index (Phi) is 6.40. The Labute approximate surface area is 169 Å². The summed E-state index contributed by atoms with van der Waals surface area (Å²) in [6, 6.07) is 16.5. The second-order valence-corrected chi connectivity index (χ2v) is 7.21. The average molecular weight is 390 g/mol. The normalized spacial score (nSPS) is 11.6. The quantitative estimate of drug-likeness (QED) is 0.243. The van der Waals surface area contributed by atoms with Crippen LogP contribution in [-0.4, -0.2) is 19.2 Å². The van der Waals surface area contributed by atoms with E-state index in [1.807, 2.05) is 24.4 Å². The van der Waals surface area contributed by atoms with Crippen LogP contribution in [0.3, 0.4) is 0 Å². The van der Waals surface area contributed by atoms with Gasteiger partial charge in [-0.3, -0.25) is 10.4 Å². The number of ether oxygens (including phenoxy) is 1. The minimum absolute atomic E-state index is 0.549. The van der Waals surface area contributed by atoms with E-state index in [0.717, 1.165) is 27.3 Å². The molecule has 0 spiro atoms. The van der Waals surface area contributed by atoms with Crippen LogP contribution in [0.5, 0.6) is 0 Å². The van der Waals surface area contributed by atoms with Crippen LogP contribution in [-0.2, 0) is 4.74 Å². The zero-order chi connectivity index (χ0) is 19.9. The number of rotatable bonds is 6. The van der Waals surface area contributed by atoms with Gasteiger partial charge in [0.05, 0.1) is 18.2 Å². The van der Waals surface area contributed by atoms with Crippen LogP contribution in [0.2, 0.25) is 0 Å². The van der Waals surface area contributed by atoms with E-state index in [4.69, 9.17) is 4.74 Å². The Morgan fingerprint density at radius 1 is 1.07 bits per heavy atom. The van der Waals surface area contributed by atoms with Crippen molar-refractivity contribution >= 4 is 29.1 Å². The highest BCUT2D eigenvalue weighted by atomic mass is 32.1. The van der Waals surface area contributed by atoms with E-state index in [9.17, 15) is 0 Å². The maximum absolute atomic E-state index is 5.40. The zero-order valence-electron chi connectivity index (χ0n) is 16.3. The van der Waals surface area contributed by atoms with E-state index < -0.39 is 0 Å². The summed E-state index contributed by atoms with van der Waals surface area (Å²) in [6.45, 7) is 7.78. The predicted octanol–water partition coefficient (Wildman–Crippen LogP) is 6.01. The highest BCUT2D eigenvalue weighted by Crippen LogP contribution is 2.26. The highest BCUT2D eigenvalue weighted by molar-refractivity contribution is 7.11. The molecule has 0 amide bonds. The van der Waals surface area contributed by atoms with E-state index in [0.29, 0.717) is 5.90 Å². The SMILES string of the molecule is C=COC(=NC)c1ccc(C)c(-c2ccc(N/N=C/c3sccc3C)cc2)c1. The van der Waals surface area contributed by atoms with Gasteiger partial charge in [0, 0.05) is 17.5 Å². The van der Waals surface area contributed by atoms with E-state index in [-0.39, 0.29) is 0 Å². The van der Waals surface area contributed by atoms with E-state index in [2.05, 4.69) is 71.7 Å². The summed E-state index contributed by atoms with van der Waals surface area (Å²) in [4.78, 5) is 5.34. The van der Waals surface area contributed by atoms with E-state index in [1.165, 1.54) is 17.4 Å². The first kappa shape index (κ1) is 19.6. The van der Waals surface area contributed by atoms with Gasteiger partial charge in [0.2, 0.25) is 5.90 Å². The predicted molar refractivity (Wildman–Crippen MR) is 121 cm³/mol. The van der Waals surface area contributed by atoms with Crippen molar-refractivity contribution in [3.63, 3.8) is 0 Å². The third-order valence-electron chi connectivity index (χ3n) is 4.36. The topological polar surface area (TPSA) is 46.0 Å². The molecule has 0 saturated carbocycles. The van der Waals surface area contributed by atoms with Gasteiger partial charge in [-0.2, -0.15) is 5.10 Å². The monoisotopic (exact) mass is 389 g/mol. The number of nitrogens with zero attached hydrogens (tertiary/aromatic N) is 2. The van der Waals surface area contributed by atoms with Gasteiger partial charge < -0.3 is 4.74 Å². The molecular formula is C23H23N3OS. The molecule has 1 heterocycles. The minimum Gasteiger partial charge on any atom is -0.447 e. The fourth-order valence-electron chi connectivity index (χ4n) is 2.80. The molecule has 0 aliphatic heterocycles. The Hall–Kier alpha value is -3.18. The number of aliphatic imine (C=N–C) groups is 1. The fraction of sp³-hybridized carbons (Fsp3) is 0.130. The van der Waals surface area contributed by atoms with Gasteiger partial charge in [-0.05, 0) is 71.8 Å². The van der Waals surface area contributed by atoms with Gasteiger partial charge in [0.25, 0.3) is 0 Å². The first-order valence-electron chi connectivity index (χ1n) is 8.91. The molecule has 5 heteroatoms. The molecule has 0 aliphatic carbocycles. The molecule has 1 aromatic heterocycles. The Bertz CT molecular complexity index is 1020. The Morgan fingerprint density at radius 2 is 1.86 bits per heavy atom. The third kappa shape index (κ3) is 4.56. The number of hydrazone groups is 1. The summed E-state index contributed by atoms with van der Waals surface area (Å²) < 4.78 is 5.40. The lowest BCUT2D eigenvalue weighted by atomic mass is 9.98. The van der Waals surface area contributed by atoms with E-state index in [1.54, 1.807) is 18.4 Å². The molecule has 0 atom stereocenters. The molecule has 0 radical (unpaired) electrons. The highest BCUT2D eigenvalue weighted by Gasteiger charge is 2.08. The molecule has 2 aromatic carbocycles. The molecule has 0 saturated heterocycles. The van der Waals surface area contributed by atoms with Crippen LogP contribution in [0.25, 0.3) is 11.1 Å². The second kappa shape index (κ2) is 9.15. The molecule has 3 rings (SSSR count).